The molecule has 0 N–H and O–H groups in total. The van der Waals surface area contributed by atoms with E-state index in [4.69, 9.17) is 0 Å². The first-order valence-electron chi connectivity index (χ1n) is 4.19. The van der Waals surface area contributed by atoms with Crippen molar-refractivity contribution in [2.75, 3.05) is 39.1 Å². The van der Waals surface area contributed by atoms with Gasteiger partial charge in [-0.05, 0) is 27.1 Å². The topological polar surface area (TPSA) is 6.48 Å². The lowest BCUT2D eigenvalue weighted by Gasteiger charge is -2.19. The fourth-order valence-corrected chi connectivity index (χ4v) is 2.06. The molecule has 0 saturated carbocycles. The van der Waals surface area contributed by atoms with E-state index in [1.54, 1.807) is 0 Å². The summed E-state index contributed by atoms with van der Waals surface area (Å²) in [7, 11) is 4.34. The molecule has 0 radical (unpaired) electrons. The predicted octanol–water partition coefficient (Wildman–Crippen LogP) is 1.02. The molecule has 1 aliphatic rings. The number of alkyl halides is 1. The van der Waals surface area contributed by atoms with Crippen molar-refractivity contribution in [2.45, 2.75) is 12.5 Å². The van der Waals surface area contributed by atoms with Gasteiger partial charge >= 0.3 is 0 Å². The Bertz CT molecular complexity index is 117. The first-order chi connectivity index (χ1) is 5.24. The van der Waals surface area contributed by atoms with Crippen LogP contribution in [0.2, 0.25) is 0 Å². The van der Waals surface area contributed by atoms with Crippen LogP contribution in [0.5, 0.6) is 0 Å². The molecule has 0 aliphatic carbocycles. The standard InChI is InChI=1S/C8H17BrN2/c1-10(2)8-3-5-11(7-8)6-4-9/h8H,3-7H2,1-2H3. The van der Waals surface area contributed by atoms with Gasteiger partial charge in [-0.1, -0.05) is 15.9 Å². The first-order valence-corrected chi connectivity index (χ1v) is 5.31. The van der Waals surface area contributed by atoms with Gasteiger partial charge in [0, 0.05) is 24.5 Å². The van der Waals surface area contributed by atoms with Crippen LogP contribution >= 0.6 is 15.9 Å². The molecule has 0 aromatic rings. The lowest BCUT2D eigenvalue weighted by molar-refractivity contribution is 0.276. The van der Waals surface area contributed by atoms with Gasteiger partial charge < -0.3 is 9.80 Å². The maximum atomic E-state index is 3.46. The number of rotatable bonds is 3. The fourth-order valence-electron chi connectivity index (χ4n) is 1.56. The zero-order valence-corrected chi connectivity index (χ0v) is 8.97. The third-order valence-corrected chi connectivity index (χ3v) is 2.73. The summed E-state index contributed by atoms with van der Waals surface area (Å²) in [5.41, 5.74) is 0. The predicted molar refractivity (Wildman–Crippen MR) is 52.3 cm³/mol. The zero-order valence-electron chi connectivity index (χ0n) is 7.39. The Morgan fingerprint density at radius 2 is 2.27 bits per heavy atom. The van der Waals surface area contributed by atoms with Crippen LogP contribution in [-0.4, -0.2) is 54.9 Å². The van der Waals surface area contributed by atoms with E-state index in [1.165, 1.54) is 26.1 Å². The summed E-state index contributed by atoms with van der Waals surface area (Å²) in [6.07, 6.45) is 1.33. The van der Waals surface area contributed by atoms with Crippen molar-refractivity contribution < 1.29 is 0 Å². The van der Waals surface area contributed by atoms with Crippen LogP contribution in [0.3, 0.4) is 0 Å². The van der Waals surface area contributed by atoms with E-state index in [0.717, 1.165) is 11.4 Å². The molecule has 3 heteroatoms. The number of likely N-dealkylation sites (tertiary alicyclic amines) is 1. The van der Waals surface area contributed by atoms with Crippen molar-refractivity contribution in [3.63, 3.8) is 0 Å². The van der Waals surface area contributed by atoms with Crippen molar-refractivity contribution in [1.29, 1.82) is 0 Å². The molecule has 1 unspecified atom stereocenters. The number of nitrogens with zero attached hydrogens (tertiary/aromatic N) is 2. The Labute approximate surface area is 77.7 Å². The largest absolute Gasteiger partial charge is 0.305 e. The maximum Gasteiger partial charge on any atom is 0.0229 e. The Balaban J connectivity index is 2.23. The van der Waals surface area contributed by atoms with Crippen LogP contribution in [0.25, 0.3) is 0 Å². The molecule has 0 amide bonds. The third-order valence-electron chi connectivity index (χ3n) is 2.38. The first kappa shape index (κ1) is 9.49. The number of halogens is 1. The van der Waals surface area contributed by atoms with E-state index < -0.39 is 0 Å². The Hall–Kier alpha value is 0.400. The maximum absolute atomic E-state index is 3.46. The van der Waals surface area contributed by atoms with Crippen molar-refractivity contribution in [3.05, 3.63) is 0 Å². The summed E-state index contributed by atoms with van der Waals surface area (Å²) in [5.74, 6) is 0. The van der Waals surface area contributed by atoms with E-state index in [0.29, 0.717) is 0 Å². The molecule has 1 atom stereocenters. The van der Waals surface area contributed by atoms with Crippen LogP contribution in [0, 0.1) is 0 Å². The molecule has 1 rings (SSSR count). The van der Waals surface area contributed by atoms with E-state index in [9.17, 15) is 0 Å². The van der Waals surface area contributed by atoms with E-state index in [2.05, 4.69) is 39.8 Å². The van der Waals surface area contributed by atoms with Crippen molar-refractivity contribution in [3.8, 4) is 0 Å². The molecule has 0 spiro atoms. The van der Waals surface area contributed by atoms with Crippen LogP contribution in [-0.2, 0) is 0 Å². The third kappa shape index (κ3) is 2.73. The fraction of sp³-hybridized carbons (Fsp3) is 1.00. The molecule has 1 fully saturated rings. The van der Waals surface area contributed by atoms with Gasteiger partial charge in [0.05, 0.1) is 0 Å². The van der Waals surface area contributed by atoms with E-state index >= 15 is 0 Å². The minimum Gasteiger partial charge on any atom is -0.305 e. The highest BCUT2D eigenvalue weighted by atomic mass is 79.9. The molecule has 0 aromatic carbocycles. The van der Waals surface area contributed by atoms with Crippen molar-refractivity contribution >= 4 is 15.9 Å². The summed E-state index contributed by atoms with van der Waals surface area (Å²) in [5, 5.41) is 1.10. The van der Waals surface area contributed by atoms with Crippen molar-refractivity contribution in [2.24, 2.45) is 0 Å². The SMILES string of the molecule is CN(C)C1CCN(CCBr)C1. The van der Waals surface area contributed by atoms with Gasteiger partial charge in [0.2, 0.25) is 0 Å². The second-order valence-electron chi connectivity index (χ2n) is 3.40. The zero-order chi connectivity index (χ0) is 8.27. The second kappa shape index (κ2) is 4.43. The molecule has 0 aromatic heterocycles. The Kier molecular flexibility index (Phi) is 3.82. The number of hydrogen-bond acceptors (Lipinski definition) is 2. The summed E-state index contributed by atoms with van der Waals surface area (Å²) in [6, 6.07) is 0.786. The highest BCUT2D eigenvalue weighted by Crippen LogP contribution is 2.12. The minimum absolute atomic E-state index is 0.786. The molecule has 1 heterocycles. The molecule has 66 valence electrons. The second-order valence-corrected chi connectivity index (χ2v) is 4.19. The summed E-state index contributed by atoms with van der Waals surface area (Å²) >= 11 is 3.46. The lowest BCUT2D eigenvalue weighted by atomic mass is 10.2. The van der Waals surface area contributed by atoms with E-state index in [1.807, 2.05) is 0 Å². The molecule has 1 aliphatic heterocycles. The monoisotopic (exact) mass is 220 g/mol. The molecule has 11 heavy (non-hydrogen) atoms. The van der Waals surface area contributed by atoms with Gasteiger partial charge in [0.25, 0.3) is 0 Å². The summed E-state index contributed by atoms with van der Waals surface area (Å²) < 4.78 is 0. The highest BCUT2D eigenvalue weighted by molar-refractivity contribution is 9.09. The quantitative estimate of drug-likeness (QED) is 0.656. The molecule has 0 bridgehead atoms. The van der Waals surface area contributed by atoms with Gasteiger partial charge in [0.1, 0.15) is 0 Å². The average molecular weight is 221 g/mol. The van der Waals surface area contributed by atoms with Gasteiger partial charge in [-0.3, -0.25) is 0 Å². The molecule has 2 nitrogen and oxygen atoms in total. The Morgan fingerprint density at radius 1 is 1.55 bits per heavy atom. The summed E-state index contributed by atoms with van der Waals surface area (Å²) in [6.45, 7) is 3.72. The highest BCUT2D eigenvalue weighted by Gasteiger charge is 2.22. The smallest absolute Gasteiger partial charge is 0.0229 e. The van der Waals surface area contributed by atoms with Gasteiger partial charge in [-0.25, -0.2) is 0 Å². The van der Waals surface area contributed by atoms with Crippen LogP contribution in [0.15, 0.2) is 0 Å². The van der Waals surface area contributed by atoms with Crippen LogP contribution in [0.4, 0.5) is 0 Å². The van der Waals surface area contributed by atoms with Gasteiger partial charge in [-0.2, -0.15) is 0 Å². The molecular weight excluding hydrogens is 204 g/mol. The average Bonchev–Trinajstić information content (AvgIpc) is 2.37. The van der Waals surface area contributed by atoms with Gasteiger partial charge in [0.15, 0.2) is 0 Å². The molecular formula is C8H17BrN2. The minimum atomic E-state index is 0.786. The lowest BCUT2D eigenvalue weighted by Crippen LogP contribution is -2.32. The van der Waals surface area contributed by atoms with Crippen molar-refractivity contribution in [1.82, 2.24) is 9.80 Å². The van der Waals surface area contributed by atoms with Crippen LogP contribution < -0.4 is 0 Å². The number of likely N-dealkylation sites (N-methyl/N-ethyl adjacent to an activating group) is 1. The summed E-state index contributed by atoms with van der Waals surface area (Å²) in [4.78, 5) is 4.84. The molecule has 1 saturated heterocycles. The van der Waals surface area contributed by atoms with E-state index in [-0.39, 0.29) is 0 Å². The van der Waals surface area contributed by atoms with Crippen LogP contribution in [0.1, 0.15) is 6.42 Å². The Morgan fingerprint density at radius 3 is 2.73 bits per heavy atom. The number of hydrogen-bond donors (Lipinski definition) is 0. The van der Waals surface area contributed by atoms with Gasteiger partial charge in [-0.15, -0.1) is 0 Å². The normalized spacial score (nSPS) is 26.7.